The van der Waals surface area contributed by atoms with E-state index in [1.54, 1.807) is 0 Å². The van der Waals surface area contributed by atoms with E-state index in [1.165, 1.54) is 11.8 Å². The second kappa shape index (κ2) is 8.93. The molecule has 27 heavy (non-hydrogen) atoms. The molecule has 0 radical (unpaired) electrons. The summed E-state index contributed by atoms with van der Waals surface area (Å²) in [6, 6.07) is 2.34. The Morgan fingerprint density at radius 2 is 2.04 bits per heavy atom. The van der Waals surface area contributed by atoms with Crippen molar-refractivity contribution in [2.45, 2.75) is 68.4 Å². The fourth-order valence-corrected chi connectivity index (χ4v) is 4.52. The Hall–Kier alpha value is -1.79. The van der Waals surface area contributed by atoms with Crippen molar-refractivity contribution in [3.63, 3.8) is 0 Å². The molecule has 1 atom stereocenters. The van der Waals surface area contributed by atoms with Crippen LogP contribution < -0.4 is 10.2 Å². The average molecular weight is 393 g/mol. The van der Waals surface area contributed by atoms with E-state index in [0.29, 0.717) is 13.2 Å². The Labute approximate surface area is 164 Å². The highest BCUT2D eigenvalue weighted by Gasteiger charge is 2.35. The molecule has 2 fully saturated rings. The third-order valence-corrected chi connectivity index (χ3v) is 6.32. The molecule has 3 rings (SSSR count). The summed E-state index contributed by atoms with van der Waals surface area (Å²) >= 11 is 1.40. The summed E-state index contributed by atoms with van der Waals surface area (Å²) in [6.07, 6.45) is 4.58. The largest absolute Gasteiger partial charge is 0.378 e. The van der Waals surface area contributed by atoms with Crippen molar-refractivity contribution in [1.82, 2.24) is 20.1 Å². The van der Waals surface area contributed by atoms with Gasteiger partial charge in [0.1, 0.15) is 5.54 Å². The van der Waals surface area contributed by atoms with Gasteiger partial charge in [0.05, 0.1) is 24.5 Å². The van der Waals surface area contributed by atoms with E-state index in [1.807, 2.05) is 11.5 Å². The first-order chi connectivity index (χ1) is 13.1. The zero-order chi connectivity index (χ0) is 19.3. The summed E-state index contributed by atoms with van der Waals surface area (Å²) in [5.74, 6) is 0.721. The molecule has 1 amide bonds. The zero-order valence-electron chi connectivity index (χ0n) is 16.1. The molecular weight excluding hydrogens is 364 g/mol. The van der Waals surface area contributed by atoms with Crippen molar-refractivity contribution in [2.75, 3.05) is 31.2 Å². The Morgan fingerprint density at radius 3 is 2.67 bits per heavy atom. The molecule has 1 saturated carbocycles. The van der Waals surface area contributed by atoms with Crippen LogP contribution in [-0.2, 0) is 16.1 Å². The van der Waals surface area contributed by atoms with Gasteiger partial charge >= 0.3 is 0 Å². The van der Waals surface area contributed by atoms with E-state index in [0.717, 1.165) is 62.8 Å². The van der Waals surface area contributed by atoms with Crippen LogP contribution in [0, 0.1) is 11.3 Å². The van der Waals surface area contributed by atoms with Gasteiger partial charge in [-0.05, 0) is 26.7 Å². The van der Waals surface area contributed by atoms with Crippen molar-refractivity contribution >= 4 is 23.6 Å². The molecule has 2 aliphatic rings. The van der Waals surface area contributed by atoms with E-state index < -0.39 is 5.54 Å². The van der Waals surface area contributed by atoms with Crippen LogP contribution in [0.15, 0.2) is 5.16 Å². The molecule has 1 aliphatic carbocycles. The molecule has 1 aromatic heterocycles. The topological polar surface area (TPSA) is 96.1 Å². The van der Waals surface area contributed by atoms with Gasteiger partial charge in [0, 0.05) is 19.6 Å². The second-order valence-electron chi connectivity index (χ2n) is 7.13. The average Bonchev–Trinajstić information content (AvgIpc) is 3.11. The monoisotopic (exact) mass is 392 g/mol. The zero-order valence-corrected chi connectivity index (χ0v) is 16.9. The standard InChI is InChI=1S/C18H28N6O2S/c1-3-24-16(23-9-11-26-12-10-23)21-22-17(24)27-14(2)15(25)20-18(13-19)7-5-4-6-8-18/h14H,3-12H2,1-2H3,(H,20,25)/t14-/m0/s1. The molecule has 1 aromatic rings. The molecule has 1 N–H and O–H groups in total. The third-order valence-electron chi connectivity index (χ3n) is 5.24. The highest BCUT2D eigenvalue weighted by Crippen LogP contribution is 2.30. The van der Waals surface area contributed by atoms with Gasteiger partial charge in [0.15, 0.2) is 5.16 Å². The maximum atomic E-state index is 12.7. The number of amides is 1. The number of ether oxygens (including phenoxy) is 1. The fraction of sp³-hybridized carbons (Fsp3) is 0.778. The summed E-state index contributed by atoms with van der Waals surface area (Å²) in [5, 5.41) is 21.6. The number of nitriles is 1. The van der Waals surface area contributed by atoms with E-state index in [2.05, 4.69) is 33.4 Å². The Balaban J connectivity index is 1.66. The van der Waals surface area contributed by atoms with Crippen LogP contribution in [0.4, 0.5) is 5.95 Å². The minimum absolute atomic E-state index is 0.109. The molecule has 9 heteroatoms. The van der Waals surface area contributed by atoms with Crippen molar-refractivity contribution in [3.8, 4) is 6.07 Å². The van der Waals surface area contributed by atoms with Crippen LogP contribution in [0.1, 0.15) is 46.0 Å². The lowest BCUT2D eigenvalue weighted by Crippen LogP contribution is -2.51. The minimum atomic E-state index is -0.707. The van der Waals surface area contributed by atoms with Crippen LogP contribution in [0.3, 0.4) is 0 Å². The highest BCUT2D eigenvalue weighted by molar-refractivity contribution is 8.00. The second-order valence-corrected chi connectivity index (χ2v) is 8.44. The molecule has 0 unspecified atom stereocenters. The lowest BCUT2D eigenvalue weighted by atomic mass is 9.83. The van der Waals surface area contributed by atoms with Crippen molar-refractivity contribution in [3.05, 3.63) is 0 Å². The van der Waals surface area contributed by atoms with Crippen LogP contribution >= 0.6 is 11.8 Å². The molecule has 0 spiro atoms. The van der Waals surface area contributed by atoms with Crippen LogP contribution in [0.25, 0.3) is 0 Å². The van der Waals surface area contributed by atoms with Crippen LogP contribution in [0.5, 0.6) is 0 Å². The minimum Gasteiger partial charge on any atom is -0.378 e. The van der Waals surface area contributed by atoms with Gasteiger partial charge in [0.25, 0.3) is 0 Å². The van der Waals surface area contributed by atoms with Crippen LogP contribution in [-0.4, -0.2) is 57.8 Å². The molecule has 0 aromatic carbocycles. The molecule has 0 bridgehead atoms. The fourth-order valence-electron chi connectivity index (χ4n) is 3.61. The number of anilines is 1. The first kappa shape index (κ1) is 20.0. The maximum absolute atomic E-state index is 12.7. The van der Waals surface area contributed by atoms with E-state index in [4.69, 9.17) is 4.74 Å². The van der Waals surface area contributed by atoms with Gasteiger partial charge in [-0.15, -0.1) is 10.2 Å². The first-order valence-electron chi connectivity index (χ1n) is 9.74. The Morgan fingerprint density at radius 1 is 1.33 bits per heavy atom. The number of carbonyl (C=O) groups excluding carboxylic acids is 1. The predicted octanol–water partition coefficient (Wildman–Crippen LogP) is 1.96. The molecule has 2 heterocycles. The molecular formula is C18H28N6O2S. The first-order valence-corrected chi connectivity index (χ1v) is 10.6. The van der Waals surface area contributed by atoms with Gasteiger partial charge < -0.3 is 15.0 Å². The van der Waals surface area contributed by atoms with E-state index in [-0.39, 0.29) is 11.2 Å². The molecule has 148 valence electrons. The number of aromatic nitrogens is 3. The smallest absolute Gasteiger partial charge is 0.234 e. The van der Waals surface area contributed by atoms with Gasteiger partial charge in [-0.3, -0.25) is 9.36 Å². The highest BCUT2D eigenvalue weighted by atomic mass is 32.2. The van der Waals surface area contributed by atoms with Gasteiger partial charge in [0.2, 0.25) is 11.9 Å². The number of morpholine rings is 1. The van der Waals surface area contributed by atoms with Crippen molar-refractivity contribution in [1.29, 1.82) is 5.26 Å². The normalized spacial score (nSPS) is 20.7. The van der Waals surface area contributed by atoms with Crippen molar-refractivity contribution < 1.29 is 9.53 Å². The summed E-state index contributed by atoms with van der Waals surface area (Å²) in [6.45, 7) is 7.61. The maximum Gasteiger partial charge on any atom is 0.234 e. The molecule has 1 aliphatic heterocycles. The number of nitrogens with one attached hydrogen (secondary N) is 1. The van der Waals surface area contributed by atoms with Gasteiger partial charge in [-0.25, -0.2) is 0 Å². The molecule has 8 nitrogen and oxygen atoms in total. The number of hydrogen-bond acceptors (Lipinski definition) is 7. The summed E-state index contributed by atoms with van der Waals surface area (Å²) < 4.78 is 7.45. The van der Waals surface area contributed by atoms with Crippen molar-refractivity contribution in [2.24, 2.45) is 0 Å². The quantitative estimate of drug-likeness (QED) is 0.739. The lowest BCUT2D eigenvalue weighted by molar-refractivity contribution is -0.121. The number of rotatable bonds is 6. The predicted molar refractivity (Wildman–Crippen MR) is 104 cm³/mol. The van der Waals surface area contributed by atoms with E-state index >= 15 is 0 Å². The van der Waals surface area contributed by atoms with Gasteiger partial charge in [-0.1, -0.05) is 31.0 Å². The number of thioether (sulfide) groups is 1. The number of nitrogens with zero attached hydrogens (tertiary/aromatic N) is 5. The number of carbonyl (C=O) groups is 1. The SMILES string of the molecule is CCn1c(S[C@@H](C)C(=O)NC2(C#N)CCCCC2)nnc1N1CCOCC1. The summed E-state index contributed by atoms with van der Waals surface area (Å²) in [5.41, 5.74) is -0.707. The van der Waals surface area contributed by atoms with E-state index in [9.17, 15) is 10.1 Å². The van der Waals surface area contributed by atoms with Crippen LogP contribution in [0.2, 0.25) is 0 Å². The Bertz CT molecular complexity index is 689. The molecule has 1 saturated heterocycles. The van der Waals surface area contributed by atoms with Gasteiger partial charge in [-0.2, -0.15) is 5.26 Å². The summed E-state index contributed by atoms with van der Waals surface area (Å²) in [7, 11) is 0. The number of hydrogen-bond donors (Lipinski definition) is 1. The summed E-state index contributed by atoms with van der Waals surface area (Å²) in [4.78, 5) is 14.9. The lowest BCUT2D eigenvalue weighted by Gasteiger charge is -2.32. The Kier molecular flexibility index (Phi) is 6.60. The third kappa shape index (κ3) is 4.55.